The summed E-state index contributed by atoms with van der Waals surface area (Å²) >= 11 is 1.01. The predicted octanol–water partition coefficient (Wildman–Crippen LogP) is 2.49. The summed E-state index contributed by atoms with van der Waals surface area (Å²) < 4.78 is 0. The van der Waals surface area contributed by atoms with Gasteiger partial charge in [-0.15, -0.1) is 0 Å². The molecule has 0 aromatic carbocycles. The van der Waals surface area contributed by atoms with E-state index in [9.17, 15) is 9.59 Å². The van der Waals surface area contributed by atoms with Crippen molar-refractivity contribution in [2.45, 2.75) is 25.7 Å². The third-order valence-electron chi connectivity index (χ3n) is 2.93. The molecule has 20 heavy (non-hydrogen) atoms. The third kappa shape index (κ3) is 4.88. The second-order valence-electron chi connectivity index (χ2n) is 4.74. The smallest absolute Gasteiger partial charge is 0.328 e. The van der Waals surface area contributed by atoms with Crippen molar-refractivity contribution in [3.8, 4) is 0 Å². The van der Waals surface area contributed by atoms with Crippen molar-refractivity contribution in [1.29, 1.82) is 0 Å². The maximum absolute atomic E-state index is 12.2. The van der Waals surface area contributed by atoms with Crippen molar-refractivity contribution in [2.24, 2.45) is 4.99 Å². The molecule has 0 aromatic rings. The maximum atomic E-state index is 12.2. The monoisotopic (exact) mass is 298 g/mol. The number of thioether (sulfide) groups is 1. The SMILES string of the molecule is CSC(=O)N=C(N(C)C)N(C)C(=O)NC1=CCCCC1. The van der Waals surface area contributed by atoms with Gasteiger partial charge in [-0.2, -0.15) is 4.99 Å². The average Bonchev–Trinajstić information content (AvgIpc) is 2.44. The van der Waals surface area contributed by atoms with E-state index in [2.05, 4.69) is 16.4 Å². The number of carbonyl (C=O) groups excluding carboxylic acids is 2. The number of nitrogens with one attached hydrogen (secondary N) is 1. The first-order valence-electron chi connectivity index (χ1n) is 6.53. The van der Waals surface area contributed by atoms with Gasteiger partial charge in [-0.05, 0) is 31.9 Å². The topological polar surface area (TPSA) is 65.0 Å². The van der Waals surface area contributed by atoms with Gasteiger partial charge in [0.1, 0.15) is 0 Å². The Kier molecular flexibility index (Phi) is 6.57. The van der Waals surface area contributed by atoms with E-state index in [0.29, 0.717) is 5.96 Å². The number of allylic oxidation sites excluding steroid dienone is 2. The van der Waals surface area contributed by atoms with E-state index < -0.39 is 0 Å². The standard InChI is InChI=1S/C13H22N4O2S/c1-16(2)11(15-13(19)20-4)17(3)12(18)14-10-8-6-5-7-9-10/h8H,5-7,9H2,1-4H3,(H,14,18). The highest BCUT2D eigenvalue weighted by Gasteiger charge is 2.19. The highest BCUT2D eigenvalue weighted by molar-refractivity contribution is 8.13. The van der Waals surface area contributed by atoms with E-state index in [1.54, 1.807) is 32.3 Å². The van der Waals surface area contributed by atoms with Gasteiger partial charge in [-0.1, -0.05) is 17.8 Å². The molecular weight excluding hydrogens is 276 g/mol. The first-order chi connectivity index (χ1) is 9.45. The summed E-state index contributed by atoms with van der Waals surface area (Å²) in [6, 6.07) is -0.278. The van der Waals surface area contributed by atoms with E-state index >= 15 is 0 Å². The van der Waals surface area contributed by atoms with E-state index in [0.717, 1.165) is 36.7 Å². The number of urea groups is 1. The Balaban J connectivity index is 2.76. The van der Waals surface area contributed by atoms with Crippen LogP contribution in [0, 0.1) is 0 Å². The van der Waals surface area contributed by atoms with Crippen LogP contribution in [0.25, 0.3) is 0 Å². The predicted molar refractivity (Wildman–Crippen MR) is 82.9 cm³/mol. The van der Waals surface area contributed by atoms with Gasteiger partial charge in [0.05, 0.1) is 0 Å². The summed E-state index contributed by atoms with van der Waals surface area (Å²) in [7, 11) is 5.09. The van der Waals surface area contributed by atoms with Gasteiger partial charge < -0.3 is 10.2 Å². The molecule has 0 radical (unpaired) electrons. The molecular formula is C13H22N4O2S. The summed E-state index contributed by atoms with van der Waals surface area (Å²) in [5.41, 5.74) is 0.947. The van der Waals surface area contributed by atoms with Crippen LogP contribution in [0.15, 0.2) is 16.8 Å². The fourth-order valence-electron chi connectivity index (χ4n) is 1.87. The van der Waals surface area contributed by atoms with Gasteiger partial charge in [0.15, 0.2) is 0 Å². The highest BCUT2D eigenvalue weighted by atomic mass is 32.2. The van der Waals surface area contributed by atoms with Gasteiger partial charge in [0.2, 0.25) is 5.96 Å². The molecule has 6 nitrogen and oxygen atoms in total. The second kappa shape index (κ2) is 7.94. The molecule has 1 aliphatic carbocycles. The Hall–Kier alpha value is -1.50. The summed E-state index contributed by atoms with van der Waals surface area (Å²) in [5, 5.41) is 2.54. The molecule has 7 heteroatoms. The van der Waals surface area contributed by atoms with Crippen LogP contribution in [-0.2, 0) is 0 Å². The molecule has 0 fully saturated rings. The first kappa shape index (κ1) is 16.6. The van der Waals surface area contributed by atoms with Crippen LogP contribution < -0.4 is 5.32 Å². The number of hydrogen-bond acceptors (Lipinski definition) is 3. The maximum Gasteiger partial charge on any atom is 0.328 e. The quantitative estimate of drug-likeness (QED) is 0.596. The summed E-state index contributed by atoms with van der Waals surface area (Å²) in [5.74, 6) is 0.318. The number of carbonyl (C=O) groups is 2. The van der Waals surface area contributed by atoms with Gasteiger partial charge in [-0.3, -0.25) is 9.69 Å². The van der Waals surface area contributed by atoms with E-state index in [-0.39, 0.29) is 11.3 Å². The zero-order chi connectivity index (χ0) is 15.1. The van der Waals surface area contributed by atoms with E-state index in [4.69, 9.17) is 0 Å². The molecule has 0 unspecified atom stereocenters. The molecule has 0 spiro atoms. The van der Waals surface area contributed by atoms with Crippen LogP contribution in [-0.4, -0.2) is 54.4 Å². The molecule has 0 saturated heterocycles. The zero-order valence-electron chi connectivity index (χ0n) is 12.5. The Morgan fingerprint density at radius 2 is 2.00 bits per heavy atom. The Morgan fingerprint density at radius 3 is 2.50 bits per heavy atom. The Morgan fingerprint density at radius 1 is 1.30 bits per heavy atom. The minimum Gasteiger partial charge on any atom is -0.348 e. The Bertz CT molecular complexity index is 432. The summed E-state index contributed by atoms with van der Waals surface area (Å²) in [6.07, 6.45) is 7.86. The van der Waals surface area contributed by atoms with Crippen molar-refractivity contribution in [3.63, 3.8) is 0 Å². The van der Waals surface area contributed by atoms with Gasteiger partial charge in [0, 0.05) is 26.8 Å². The average molecular weight is 298 g/mol. The lowest BCUT2D eigenvalue weighted by molar-refractivity contribution is 0.225. The molecule has 0 aromatic heterocycles. The zero-order valence-corrected chi connectivity index (χ0v) is 13.3. The van der Waals surface area contributed by atoms with Crippen molar-refractivity contribution in [1.82, 2.24) is 15.1 Å². The largest absolute Gasteiger partial charge is 0.348 e. The number of aliphatic imine (C=N–C) groups is 1. The van der Waals surface area contributed by atoms with Crippen molar-refractivity contribution in [2.75, 3.05) is 27.4 Å². The van der Waals surface area contributed by atoms with Crippen LogP contribution >= 0.6 is 11.8 Å². The molecule has 0 aliphatic heterocycles. The number of hydrogen-bond donors (Lipinski definition) is 1. The molecule has 1 aliphatic rings. The lowest BCUT2D eigenvalue weighted by Gasteiger charge is -2.25. The third-order valence-corrected chi connectivity index (χ3v) is 3.37. The van der Waals surface area contributed by atoms with Crippen LogP contribution in [0.1, 0.15) is 25.7 Å². The highest BCUT2D eigenvalue weighted by Crippen LogP contribution is 2.15. The van der Waals surface area contributed by atoms with Gasteiger partial charge in [0.25, 0.3) is 0 Å². The fourth-order valence-corrected chi connectivity index (χ4v) is 2.04. The number of nitrogens with zero attached hydrogens (tertiary/aromatic N) is 3. The van der Waals surface area contributed by atoms with Crippen molar-refractivity contribution < 1.29 is 9.59 Å². The van der Waals surface area contributed by atoms with Crippen molar-refractivity contribution >= 4 is 29.0 Å². The molecule has 0 saturated carbocycles. The lowest BCUT2D eigenvalue weighted by Crippen LogP contribution is -2.46. The molecule has 0 bridgehead atoms. The van der Waals surface area contributed by atoms with Crippen LogP contribution in [0.4, 0.5) is 9.59 Å². The normalized spacial score (nSPS) is 15.4. The minimum atomic E-state index is -0.328. The molecule has 0 atom stereocenters. The van der Waals surface area contributed by atoms with Crippen LogP contribution in [0.5, 0.6) is 0 Å². The Labute approximate surface area is 124 Å². The summed E-state index contributed by atoms with van der Waals surface area (Å²) in [6.45, 7) is 0. The number of rotatable bonds is 1. The van der Waals surface area contributed by atoms with E-state index in [1.165, 1.54) is 11.3 Å². The second-order valence-corrected chi connectivity index (χ2v) is 5.50. The molecule has 0 heterocycles. The molecule has 1 rings (SSSR count). The number of guanidine groups is 1. The van der Waals surface area contributed by atoms with Crippen molar-refractivity contribution in [3.05, 3.63) is 11.8 Å². The molecule has 1 N–H and O–H groups in total. The van der Waals surface area contributed by atoms with E-state index in [1.807, 2.05) is 0 Å². The molecule has 112 valence electrons. The lowest BCUT2D eigenvalue weighted by atomic mass is 10.1. The fraction of sp³-hybridized carbons (Fsp3) is 0.615. The summed E-state index contributed by atoms with van der Waals surface area (Å²) in [4.78, 5) is 30.5. The van der Waals surface area contributed by atoms with Gasteiger partial charge >= 0.3 is 11.3 Å². The first-order valence-corrected chi connectivity index (χ1v) is 7.76. The molecule has 3 amide bonds. The van der Waals surface area contributed by atoms with Gasteiger partial charge in [-0.25, -0.2) is 4.79 Å². The number of amides is 3. The van der Waals surface area contributed by atoms with Crippen LogP contribution in [0.3, 0.4) is 0 Å². The minimum absolute atomic E-state index is 0.278. The van der Waals surface area contributed by atoms with Crippen LogP contribution in [0.2, 0.25) is 0 Å².